The van der Waals surface area contributed by atoms with E-state index in [0.717, 1.165) is 6.29 Å². The molecule has 0 bridgehead atoms. The Bertz CT molecular complexity index is 798. The number of hydrogen-bond acceptors (Lipinski definition) is 5. The van der Waals surface area contributed by atoms with Gasteiger partial charge >= 0.3 is 5.69 Å². The Balaban J connectivity index is 2.95. The molecule has 0 radical (unpaired) electrons. The lowest BCUT2D eigenvalue weighted by Gasteiger charge is -2.14. The smallest absolute Gasteiger partial charge is 0.332 e. The molecule has 0 aromatic carbocycles. The third-order valence-corrected chi connectivity index (χ3v) is 4.66. The van der Waals surface area contributed by atoms with Crippen molar-refractivity contribution in [1.82, 2.24) is 9.13 Å². The van der Waals surface area contributed by atoms with Gasteiger partial charge in [-0.2, -0.15) is 0 Å². The highest BCUT2D eigenvalue weighted by atomic mass is 32.1. The van der Waals surface area contributed by atoms with Gasteiger partial charge < -0.3 is 4.74 Å². The van der Waals surface area contributed by atoms with E-state index in [-0.39, 0.29) is 17.3 Å². The summed E-state index contributed by atoms with van der Waals surface area (Å²) in [5.74, 6) is 0. The highest BCUT2D eigenvalue weighted by molar-refractivity contribution is 7.20. The van der Waals surface area contributed by atoms with Gasteiger partial charge in [-0.05, 0) is 26.3 Å². The summed E-state index contributed by atoms with van der Waals surface area (Å²) in [5.41, 5.74) is -0.0608. The number of fused-ring (bicyclic) bond motifs is 1. The SMILES string of the molecule is COCCn1c(=O)n(C(C)C)c(=O)c2c(C)c(C=O)sc21. The van der Waals surface area contributed by atoms with Crippen LogP contribution in [-0.2, 0) is 11.3 Å². The van der Waals surface area contributed by atoms with Gasteiger partial charge in [0.2, 0.25) is 0 Å². The second kappa shape index (κ2) is 5.95. The summed E-state index contributed by atoms with van der Waals surface area (Å²) >= 11 is 1.18. The van der Waals surface area contributed by atoms with Crippen molar-refractivity contribution in [2.45, 2.75) is 33.4 Å². The predicted molar refractivity (Wildman–Crippen MR) is 82.7 cm³/mol. The molecule has 0 N–H and O–H groups in total. The van der Waals surface area contributed by atoms with Crippen molar-refractivity contribution < 1.29 is 9.53 Å². The lowest BCUT2D eigenvalue weighted by atomic mass is 10.2. The Kier molecular flexibility index (Phi) is 4.43. The minimum atomic E-state index is -0.363. The Hall–Kier alpha value is -1.73. The molecule has 7 heteroatoms. The van der Waals surface area contributed by atoms with Gasteiger partial charge in [0.05, 0.1) is 23.4 Å². The number of aldehydes is 1. The van der Waals surface area contributed by atoms with Crippen LogP contribution < -0.4 is 11.2 Å². The monoisotopic (exact) mass is 310 g/mol. The molecule has 0 fully saturated rings. The zero-order valence-corrected chi connectivity index (χ0v) is 13.3. The maximum Gasteiger partial charge on any atom is 0.332 e. The molecule has 0 amide bonds. The Morgan fingerprint density at radius 1 is 1.33 bits per heavy atom. The molecule has 0 atom stereocenters. The van der Waals surface area contributed by atoms with Gasteiger partial charge in [-0.3, -0.25) is 18.7 Å². The molecule has 21 heavy (non-hydrogen) atoms. The number of nitrogens with zero attached hydrogens (tertiary/aromatic N) is 2. The zero-order valence-electron chi connectivity index (χ0n) is 12.5. The van der Waals surface area contributed by atoms with Gasteiger partial charge in [-0.1, -0.05) is 0 Å². The first kappa shape index (κ1) is 15.7. The Morgan fingerprint density at radius 2 is 2.00 bits per heavy atom. The zero-order chi connectivity index (χ0) is 15.7. The van der Waals surface area contributed by atoms with Crippen molar-refractivity contribution in [3.8, 4) is 0 Å². The third-order valence-electron chi connectivity index (χ3n) is 3.42. The molecule has 6 nitrogen and oxygen atoms in total. The molecule has 0 aliphatic rings. The summed E-state index contributed by atoms with van der Waals surface area (Å²) in [6.07, 6.45) is 0.726. The van der Waals surface area contributed by atoms with Crippen LogP contribution >= 0.6 is 11.3 Å². The number of thiophene rings is 1. The topological polar surface area (TPSA) is 70.3 Å². The fourth-order valence-corrected chi connectivity index (χ4v) is 3.46. The first-order valence-corrected chi connectivity index (χ1v) is 7.48. The average Bonchev–Trinajstić information content (AvgIpc) is 2.75. The molecular weight excluding hydrogens is 292 g/mol. The summed E-state index contributed by atoms with van der Waals surface area (Å²) in [7, 11) is 1.55. The fraction of sp³-hybridized carbons (Fsp3) is 0.500. The second-order valence-corrected chi connectivity index (χ2v) is 6.12. The molecule has 0 aliphatic heterocycles. The molecule has 114 valence electrons. The van der Waals surface area contributed by atoms with Gasteiger partial charge in [0.25, 0.3) is 5.56 Å². The highest BCUT2D eigenvalue weighted by Gasteiger charge is 2.20. The average molecular weight is 310 g/mol. The molecule has 0 spiro atoms. The number of hydrogen-bond donors (Lipinski definition) is 0. The first-order chi connectivity index (χ1) is 9.93. The van der Waals surface area contributed by atoms with E-state index in [1.54, 1.807) is 27.9 Å². The van der Waals surface area contributed by atoms with Crippen LogP contribution in [0.15, 0.2) is 9.59 Å². The van der Waals surface area contributed by atoms with E-state index >= 15 is 0 Å². The van der Waals surface area contributed by atoms with Crippen molar-refractivity contribution in [1.29, 1.82) is 0 Å². The molecule has 0 aliphatic carbocycles. The van der Waals surface area contributed by atoms with Gasteiger partial charge in [-0.25, -0.2) is 4.79 Å². The maximum atomic E-state index is 12.6. The summed E-state index contributed by atoms with van der Waals surface area (Å²) in [6.45, 7) is 6.02. The van der Waals surface area contributed by atoms with Gasteiger partial charge in [0.15, 0.2) is 6.29 Å². The van der Waals surface area contributed by atoms with Crippen molar-refractivity contribution in [2.24, 2.45) is 0 Å². The van der Waals surface area contributed by atoms with Crippen LogP contribution in [-0.4, -0.2) is 29.1 Å². The van der Waals surface area contributed by atoms with E-state index < -0.39 is 0 Å². The van der Waals surface area contributed by atoms with Crippen LogP contribution in [0.2, 0.25) is 0 Å². The van der Waals surface area contributed by atoms with Crippen molar-refractivity contribution >= 4 is 27.8 Å². The normalized spacial score (nSPS) is 11.5. The summed E-state index contributed by atoms with van der Waals surface area (Å²) in [5, 5.41) is 0.450. The van der Waals surface area contributed by atoms with Gasteiger partial charge in [0.1, 0.15) is 4.83 Å². The molecule has 2 aromatic heterocycles. The van der Waals surface area contributed by atoms with Gasteiger partial charge in [-0.15, -0.1) is 11.3 Å². The summed E-state index contributed by atoms with van der Waals surface area (Å²) in [6, 6.07) is -0.248. The van der Waals surface area contributed by atoms with E-state index in [9.17, 15) is 14.4 Å². The number of ether oxygens (including phenoxy) is 1. The number of carbonyl (C=O) groups is 1. The summed E-state index contributed by atoms with van der Waals surface area (Å²) in [4.78, 5) is 37.3. The molecule has 2 rings (SSSR count). The molecular formula is C14H18N2O4S. The molecule has 2 aromatic rings. The molecule has 2 heterocycles. The van der Waals surface area contributed by atoms with Crippen LogP contribution in [0.5, 0.6) is 0 Å². The van der Waals surface area contributed by atoms with E-state index in [1.807, 2.05) is 0 Å². The minimum Gasteiger partial charge on any atom is -0.383 e. The van der Waals surface area contributed by atoms with Crippen LogP contribution in [0.25, 0.3) is 10.2 Å². The van der Waals surface area contributed by atoms with Crippen molar-refractivity contribution in [3.63, 3.8) is 0 Å². The largest absolute Gasteiger partial charge is 0.383 e. The summed E-state index contributed by atoms with van der Waals surface area (Å²) < 4.78 is 7.78. The minimum absolute atomic E-state index is 0.248. The van der Waals surface area contributed by atoms with Crippen molar-refractivity contribution in [3.05, 3.63) is 31.3 Å². The van der Waals surface area contributed by atoms with Crippen LogP contribution in [0, 0.1) is 6.92 Å². The molecule has 0 unspecified atom stereocenters. The highest BCUT2D eigenvalue weighted by Crippen LogP contribution is 2.26. The van der Waals surface area contributed by atoms with Crippen molar-refractivity contribution in [2.75, 3.05) is 13.7 Å². The van der Waals surface area contributed by atoms with E-state index in [2.05, 4.69) is 0 Å². The Morgan fingerprint density at radius 3 is 2.52 bits per heavy atom. The predicted octanol–water partition coefficient (Wildman–Crippen LogP) is 1.57. The lowest BCUT2D eigenvalue weighted by molar-refractivity contribution is 0.112. The number of methoxy groups -OCH3 is 1. The van der Waals surface area contributed by atoms with Crippen LogP contribution in [0.1, 0.15) is 35.1 Å². The Labute approximate surface area is 125 Å². The second-order valence-electron chi connectivity index (χ2n) is 5.09. The lowest BCUT2D eigenvalue weighted by Crippen LogP contribution is -2.41. The quantitative estimate of drug-likeness (QED) is 0.786. The van der Waals surface area contributed by atoms with Crippen LogP contribution in [0.4, 0.5) is 0 Å². The number of aryl methyl sites for hydroxylation is 1. The number of rotatable bonds is 5. The maximum absolute atomic E-state index is 12.6. The number of carbonyl (C=O) groups excluding carboxylic acids is 1. The molecule has 0 saturated heterocycles. The van der Waals surface area contributed by atoms with E-state index in [0.29, 0.717) is 33.8 Å². The number of aromatic nitrogens is 2. The van der Waals surface area contributed by atoms with Gasteiger partial charge in [0, 0.05) is 13.2 Å². The van der Waals surface area contributed by atoms with E-state index in [4.69, 9.17) is 4.74 Å². The van der Waals surface area contributed by atoms with Crippen LogP contribution in [0.3, 0.4) is 0 Å². The fourth-order valence-electron chi connectivity index (χ4n) is 2.33. The van der Waals surface area contributed by atoms with E-state index in [1.165, 1.54) is 20.5 Å². The first-order valence-electron chi connectivity index (χ1n) is 6.66. The third kappa shape index (κ3) is 2.47. The molecule has 0 saturated carbocycles. The standard InChI is InChI=1S/C14H18N2O4S/c1-8(2)16-12(18)11-9(3)10(7-17)21-13(11)15(14(16)19)5-6-20-4/h7-8H,5-6H2,1-4H3.